The smallest absolute Gasteiger partial charge is 0.330 e. The van der Waals surface area contributed by atoms with Gasteiger partial charge in [0.15, 0.2) is 6.23 Å². The molecule has 21 heavy (non-hydrogen) atoms. The molecule has 4 unspecified atom stereocenters. The summed E-state index contributed by atoms with van der Waals surface area (Å²) in [5.41, 5.74) is -1.17. The minimum absolute atomic E-state index is 0.386. The van der Waals surface area contributed by atoms with Gasteiger partial charge in [-0.25, -0.2) is 4.79 Å². The fourth-order valence-corrected chi connectivity index (χ4v) is 2.26. The van der Waals surface area contributed by atoms with E-state index in [0.717, 1.165) is 17.4 Å². The average Bonchev–Trinajstić information content (AvgIpc) is 2.76. The first kappa shape index (κ1) is 15.9. The van der Waals surface area contributed by atoms with E-state index in [0.29, 0.717) is 6.61 Å². The lowest BCUT2D eigenvalue weighted by molar-refractivity contribution is -0.0748. The van der Waals surface area contributed by atoms with Gasteiger partial charge in [-0.3, -0.25) is 14.3 Å². The Bertz CT molecular complexity index is 568. The molecule has 0 spiro atoms. The number of aliphatic hydroxyl groups is 2. The molecular weight excluding hydrogens is 280 g/mol. The summed E-state index contributed by atoms with van der Waals surface area (Å²) < 4.78 is 12.2. The molecule has 0 amide bonds. The van der Waals surface area contributed by atoms with Gasteiger partial charge in [0, 0.05) is 18.9 Å². The van der Waals surface area contributed by atoms with Crippen molar-refractivity contribution >= 4 is 0 Å². The fraction of sp³-hybridized carbons (Fsp3) is 0.692. The number of H-pyrrole nitrogens is 1. The molecule has 1 fully saturated rings. The highest BCUT2D eigenvalue weighted by atomic mass is 16.6. The predicted molar refractivity (Wildman–Crippen MR) is 73.0 cm³/mol. The summed E-state index contributed by atoms with van der Waals surface area (Å²) >= 11 is 0. The van der Waals surface area contributed by atoms with Crippen LogP contribution >= 0.6 is 0 Å². The van der Waals surface area contributed by atoms with E-state index in [1.807, 2.05) is 6.92 Å². The Kier molecular flexibility index (Phi) is 5.29. The summed E-state index contributed by atoms with van der Waals surface area (Å²) in [5.74, 6) is 0. The molecule has 8 nitrogen and oxygen atoms in total. The van der Waals surface area contributed by atoms with Gasteiger partial charge in [-0.05, 0) is 6.42 Å². The number of ether oxygens (including phenoxy) is 2. The third-order valence-corrected chi connectivity index (χ3v) is 3.43. The van der Waals surface area contributed by atoms with Gasteiger partial charge >= 0.3 is 5.69 Å². The minimum atomic E-state index is -1.05. The average molecular weight is 300 g/mol. The van der Waals surface area contributed by atoms with Crippen LogP contribution in [0.3, 0.4) is 0 Å². The van der Waals surface area contributed by atoms with Gasteiger partial charge in [0.2, 0.25) is 0 Å². The molecule has 0 bridgehead atoms. The molecular formula is C13H20N2O6. The summed E-state index contributed by atoms with van der Waals surface area (Å²) in [4.78, 5) is 25.1. The Hall–Kier alpha value is -1.48. The number of hydrogen-bond acceptors (Lipinski definition) is 6. The van der Waals surface area contributed by atoms with Crippen LogP contribution in [0, 0.1) is 0 Å². The number of nitrogens with zero attached hydrogens (tertiary/aromatic N) is 1. The zero-order chi connectivity index (χ0) is 15.4. The molecule has 0 radical (unpaired) electrons. The van der Waals surface area contributed by atoms with Crippen LogP contribution in [0.25, 0.3) is 0 Å². The quantitative estimate of drug-likeness (QED) is 0.579. The lowest BCUT2D eigenvalue weighted by atomic mass is 10.1. The molecule has 1 saturated heterocycles. The van der Waals surface area contributed by atoms with Gasteiger partial charge in [-0.2, -0.15) is 0 Å². The van der Waals surface area contributed by atoms with E-state index in [1.54, 1.807) is 0 Å². The topological polar surface area (TPSA) is 114 Å². The second kappa shape index (κ2) is 6.99. The first-order chi connectivity index (χ1) is 10.1. The number of rotatable bonds is 6. The van der Waals surface area contributed by atoms with Crippen LogP contribution in [-0.4, -0.2) is 51.3 Å². The summed E-state index contributed by atoms with van der Waals surface area (Å²) in [6.07, 6.45) is -0.530. The molecule has 1 aliphatic rings. The second-order valence-electron chi connectivity index (χ2n) is 4.94. The van der Waals surface area contributed by atoms with Gasteiger partial charge < -0.3 is 19.7 Å². The maximum atomic E-state index is 11.8. The van der Waals surface area contributed by atoms with Crippen LogP contribution < -0.4 is 11.2 Å². The summed E-state index contributed by atoms with van der Waals surface area (Å²) in [6, 6.07) is 1.19. The van der Waals surface area contributed by atoms with Crippen LogP contribution in [0.4, 0.5) is 0 Å². The van der Waals surface area contributed by atoms with Crippen LogP contribution in [0.15, 0.2) is 21.9 Å². The third-order valence-electron chi connectivity index (χ3n) is 3.43. The normalized spacial score (nSPS) is 28.9. The number of aromatic nitrogens is 2. The molecule has 4 atom stereocenters. The van der Waals surface area contributed by atoms with Crippen LogP contribution in [-0.2, 0) is 9.47 Å². The van der Waals surface area contributed by atoms with Gasteiger partial charge in [0.05, 0.1) is 6.61 Å². The molecule has 1 aliphatic heterocycles. The first-order valence-corrected chi connectivity index (χ1v) is 6.96. The van der Waals surface area contributed by atoms with E-state index in [1.165, 1.54) is 12.3 Å². The Morgan fingerprint density at radius 2 is 2.24 bits per heavy atom. The van der Waals surface area contributed by atoms with E-state index in [9.17, 15) is 19.8 Å². The molecule has 0 aliphatic carbocycles. The molecule has 1 aromatic heterocycles. The fourth-order valence-electron chi connectivity index (χ4n) is 2.26. The summed E-state index contributed by atoms with van der Waals surface area (Å²) in [5, 5.41) is 19.3. The molecule has 2 heterocycles. The van der Waals surface area contributed by atoms with Crippen molar-refractivity contribution in [2.75, 3.05) is 13.2 Å². The Labute approximate surface area is 120 Å². The Morgan fingerprint density at radius 1 is 1.48 bits per heavy atom. The van der Waals surface area contributed by atoms with Crippen molar-refractivity contribution in [1.82, 2.24) is 9.55 Å². The van der Waals surface area contributed by atoms with Crippen molar-refractivity contribution in [3.63, 3.8) is 0 Å². The van der Waals surface area contributed by atoms with E-state index < -0.39 is 35.8 Å². The SMILES string of the molecule is CCCCOC1C(O)C(CO)OC1n1ccc(=O)[nH]c1=O. The molecule has 0 aromatic carbocycles. The van der Waals surface area contributed by atoms with Crippen LogP contribution in [0.2, 0.25) is 0 Å². The van der Waals surface area contributed by atoms with Crippen LogP contribution in [0.5, 0.6) is 0 Å². The standard InChI is InChI=1S/C13H20N2O6/c1-2-3-6-20-11-10(18)8(7-16)21-12(11)15-5-4-9(17)14-13(15)19/h4-5,8,10-12,16,18H,2-3,6-7H2,1H3,(H,14,17,19). The highest BCUT2D eigenvalue weighted by Crippen LogP contribution is 2.30. The van der Waals surface area contributed by atoms with E-state index in [4.69, 9.17) is 9.47 Å². The monoisotopic (exact) mass is 300 g/mol. The van der Waals surface area contributed by atoms with Crippen molar-refractivity contribution < 1.29 is 19.7 Å². The van der Waals surface area contributed by atoms with Crippen LogP contribution in [0.1, 0.15) is 26.0 Å². The van der Waals surface area contributed by atoms with Crippen molar-refractivity contribution in [2.45, 2.75) is 44.3 Å². The minimum Gasteiger partial charge on any atom is -0.394 e. The summed E-state index contributed by atoms with van der Waals surface area (Å²) in [7, 11) is 0. The predicted octanol–water partition coefficient (Wildman–Crippen LogP) is -1.03. The number of nitrogens with one attached hydrogen (secondary N) is 1. The number of unbranched alkanes of at least 4 members (excludes halogenated alkanes) is 1. The first-order valence-electron chi connectivity index (χ1n) is 6.96. The van der Waals surface area contributed by atoms with Crippen molar-refractivity contribution in [2.24, 2.45) is 0 Å². The van der Waals surface area contributed by atoms with E-state index >= 15 is 0 Å². The van der Waals surface area contributed by atoms with E-state index in [2.05, 4.69) is 4.98 Å². The zero-order valence-corrected chi connectivity index (χ0v) is 11.8. The third kappa shape index (κ3) is 3.41. The van der Waals surface area contributed by atoms with E-state index in [-0.39, 0.29) is 6.61 Å². The lowest BCUT2D eigenvalue weighted by Crippen LogP contribution is -2.39. The van der Waals surface area contributed by atoms with Gasteiger partial charge in [-0.15, -0.1) is 0 Å². The lowest BCUT2D eigenvalue weighted by Gasteiger charge is -2.22. The highest BCUT2D eigenvalue weighted by molar-refractivity contribution is 4.93. The maximum absolute atomic E-state index is 11.8. The number of hydrogen-bond donors (Lipinski definition) is 3. The Balaban J connectivity index is 2.25. The number of aliphatic hydroxyl groups excluding tert-OH is 2. The molecule has 1 aromatic rings. The second-order valence-corrected chi connectivity index (χ2v) is 4.94. The molecule has 118 valence electrons. The van der Waals surface area contributed by atoms with Crippen molar-refractivity contribution in [1.29, 1.82) is 0 Å². The molecule has 0 saturated carbocycles. The molecule has 3 N–H and O–H groups in total. The van der Waals surface area contributed by atoms with Gasteiger partial charge in [-0.1, -0.05) is 13.3 Å². The largest absolute Gasteiger partial charge is 0.394 e. The zero-order valence-electron chi connectivity index (χ0n) is 11.8. The molecule has 8 heteroatoms. The number of aromatic amines is 1. The Morgan fingerprint density at radius 3 is 2.86 bits per heavy atom. The highest BCUT2D eigenvalue weighted by Gasteiger charge is 2.45. The molecule has 2 rings (SSSR count). The van der Waals surface area contributed by atoms with Gasteiger partial charge in [0.25, 0.3) is 5.56 Å². The summed E-state index contributed by atoms with van der Waals surface area (Å²) in [6.45, 7) is 2.03. The van der Waals surface area contributed by atoms with Gasteiger partial charge in [0.1, 0.15) is 18.3 Å². The maximum Gasteiger partial charge on any atom is 0.330 e. The van der Waals surface area contributed by atoms with Crippen molar-refractivity contribution in [3.05, 3.63) is 33.1 Å². The van der Waals surface area contributed by atoms with Crippen molar-refractivity contribution in [3.8, 4) is 0 Å².